The molecule has 7 nitrogen and oxygen atoms in total. The number of nitrogens with zero attached hydrogens (tertiary/aromatic N) is 2. The number of anilines is 2. The number of carbonyl (C=O) groups excluding carboxylic acids is 4. The predicted molar refractivity (Wildman–Crippen MR) is 153 cm³/mol. The van der Waals surface area contributed by atoms with Crippen molar-refractivity contribution in [3.05, 3.63) is 101 Å². The zero-order chi connectivity index (χ0) is 33.0. The van der Waals surface area contributed by atoms with E-state index in [-0.39, 0.29) is 28.2 Å². The maximum absolute atomic E-state index is 15.1. The minimum Gasteiger partial charge on any atom is -0.508 e. The molecule has 4 aliphatic rings. The number of halogens is 7. The molecule has 6 atom stereocenters. The highest BCUT2D eigenvalue weighted by Crippen LogP contribution is 2.66. The largest absolute Gasteiger partial charge is 0.508 e. The molecule has 2 aliphatic heterocycles. The summed E-state index contributed by atoms with van der Waals surface area (Å²) < 4.78 is 72.7. The van der Waals surface area contributed by atoms with Gasteiger partial charge in [-0.3, -0.25) is 24.1 Å². The number of benzene rings is 3. The van der Waals surface area contributed by atoms with Gasteiger partial charge in [-0.2, -0.15) is 0 Å². The highest BCUT2D eigenvalue weighted by Gasteiger charge is 2.77. The van der Waals surface area contributed by atoms with E-state index in [1.807, 2.05) is 0 Å². The maximum Gasteiger partial charge on any atom is 0.258 e. The summed E-state index contributed by atoms with van der Waals surface area (Å²) in [6.07, 6.45) is 0.976. The van der Waals surface area contributed by atoms with Crippen LogP contribution in [0.4, 0.5) is 33.3 Å². The lowest BCUT2D eigenvalue weighted by atomic mass is 9.56. The van der Waals surface area contributed by atoms with Crippen LogP contribution in [0, 0.1) is 46.8 Å². The number of para-hydroxylation sites is 1. The predicted octanol–water partition coefficient (Wildman–Crippen LogP) is 5.86. The quantitative estimate of drug-likeness (QED) is 0.0938. The van der Waals surface area contributed by atoms with Gasteiger partial charge in [0, 0.05) is 5.92 Å². The lowest BCUT2D eigenvalue weighted by Crippen LogP contribution is -2.60. The average molecular weight is 677 g/mol. The van der Waals surface area contributed by atoms with Crippen LogP contribution in [0.25, 0.3) is 0 Å². The van der Waals surface area contributed by atoms with Gasteiger partial charge in [-0.15, -0.1) is 23.2 Å². The molecule has 3 fully saturated rings. The third-order valence-corrected chi connectivity index (χ3v) is 10.9. The van der Waals surface area contributed by atoms with Crippen LogP contribution in [0.5, 0.6) is 5.75 Å². The lowest BCUT2D eigenvalue weighted by molar-refractivity contribution is -0.125. The summed E-state index contributed by atoms with van der Waals surface area (Å²) in [5.41, 5.74) is -1.17. The molecule has 0 radical (unpaired) electrons. The summed E-state index contributed by atoms with van der Waals surface area (Å²) in [6.45, 7) is 0. The fourth-order valence-corrected chi connectivity index (χ4v) is 8.41. The minimum atomic E-state index is -2.65. The fourth-order valence-electron chi connectivity index (χ4n) is 7.48. The Morgan fingerprint density at radius 2 is 1.37 bits per heavy atom. The Bertz CT molecular complexity index is 1910. The first-order valence-corrected chi connectivity index (χ1v) is 14.7. The van der Waals surface area contributed by atoms with Gasteiger partial charge in [-0.1, -0.05) is 42.0 Å². The summed E-state index contributed by atoms with van der Waals surface area (Å²) in [5, 5.41) is 10.3. The van der Waals surface area contributed by atoms with Crippen molar-refractivity contribution in [1.82, 2.24) is 0 Å². The van der Waals surface area contributed by atoms with Crippen LogP contribution in [0.2, 0.25) is 0 Å². The van der Waals surface area contributed by atoms with E-state index in [2.05, 4.69) is 0 Å². The molecule has 46 heavy (non-hydrogen) atoms. The van der Waals surface area contributed by atoms with Crippen molar-refractivity contribution in [2.75, 3.05) is 9.80 Å². The summed E-state index contributed by atoms with van der Waals surface area (Å²) in [4.78, 5) is 51.4. The second-order valence-corrected chi connectivity index (χ2v) is 12.9. The molecule has 2 aliphatic carbocycles. The maximum atomic E-state index is 15.1. The third-order valence-electron chi connectivity index (χ3n) is 9.44. The summed E-state index contributed by atoms with van der Waals surface area (Å²) >= 11 is 14.1. The van der Waals surface area contributed by atoms with Gasteiger partial charge in [0.15, 0.2) is 33.0 Å². The number of phenols is 1. The van der Waals surface area contributed by atoms with Gasteiger partial charge < -0.3 is 5.11 Å². The van der Waals surface area contributed by atoms with E-state index in [1.165, 1.54) is 24.3 Å². The molecule has 14 heteroatoms. The van der Waals surface area contributed by atoms with Crippen LogP contribution in [0.15, 0.2) is 66.2 Å². The monoisotopic (exact) mass is 676 g/mol. The zero-order valence-corrected chi connectivity index (χ0v) is 24.6. The molecular formula is C32H19Cl2F5N2O5. The van der Waals surface area contributed by atoms with Gasteiger partial charge >= 0.3 is 0 Å². The summed E-state index contributed by atoms with van der Waals surface area (Å²) in [5.74, 6) is -21.4. The Morgan fingerprint density at radius 3 is 2.00 bits per heavy atom. The van der Waals surface area contributed by atoms with E-state index in [1.54, 1.807) is 36.4 Å². The first-order valence-electron chi connectivity index (χ1n) is 14.0. The van der Waals surface area contributed by atoms with E-state index < -0.39 is 98.2 Å². The number of hydrogen-bond acceptors (Lipinski definition) is 5. The molecular weight excluding hydrogens is 658 g/mol. The van der Waals surface area contributed by atoms with E-state index in [0.29, 0.717) is 5.69 Å². The number of aromatic hydroxyl groups is 1. The van der Waals surface area contributed by atoms with Crippen molar-refractivity contribution in [3.8, 4) is 5.75 Å². The number of alkyl halides is 2. The molecule has 0 bridgehead atoms. The molecule has 0 aromatic heterocycles. The smallest absolute Gasteiger partial charge is 0.258 e. The number of phenolic OH excluding ortho intramolecular Hbond substituents is 1. The molecule has 3 aromatic carbocycles. The van der Waals surface area contributed by atoms with Crippen molar-refractivity contribution in [2.45, 2.75) is 28.5 Å². The number of rotatable bonds is 3. The van der Waals surface area contributed by atoms with E-state index >= 15 is 8.78 Å². The molecule has 2 saturated heterocycles. The second-order valence-electron chi connectivity index (χ2n) is 11.6. The van der Waals surface area contributed by atoms with Crippen molar-refractivity contribution in [1.29, 1.82) is 0 Å². The number of fused-ring (bicyclic) bond motifs is 4. The molecule has 4 amide bonds. The van der Waals surface area contributed by atoms with Crippen LogP contribution in [0.1, 0.15) is 24.3 Å². The molecule has 3 aromatic rings. The van der Waals surface area contributed by atoms with Crippen molar-refractivity contribution in [3.63, 3.8) is 0 Å². The van der Waals surface area contributed by atoms with Gasteiger partial charge in [0.25, 0.3) is 11.8 Å². The van der Waals surface area contributed by atoms with Gasteiger partial charge in [0.05, 0.1) is 17.5 Å². The van der Waals surface area contributed by atoms with Crippen LogP contribution >= 0.6 is 23.2 Å². The van der Waals surface area contributed by atoms with Gasteiger partial charge in [-0.25, -0.2) is 26.9 Å². The Kier molecular flexibility index (Phi) is 6.67. The topological polar surface area (TPSA) is 95.0 Å². The number of amides is 4. The average Bonchev–Trinajstić information content (AvgIpc) is 3.38. The number of carbonyl (C=O) groups is 4. The van der Waals surface area contributed by atoms with Crippen LogP contribution < -0.4 is 9.80 Å². The number of allylic oxidation sites excluding steroid dienone is 2. The number of hydrogen-bond donors (Lipinski definition) is 1. The van der Waals surface area contributed by atoms with Crippen LogP contribution in [0.3, 0.4) is 0 Å². The van der Waals surface area contributed by atoms with Gasteiger partial charge in [0.1, 0.15) is 11.4 Å². The molecule has 0 unspecified atom stereocenters. The van der Waals surface area contributed by atoms with Crippen LogP contribution in [-0.2, 0) is 19.2 Å². The molecule has 1 N–H and O–H groups in total. The minimum absolute atomic E-state index is 0.00543. The van der Waals surface area contributed by atoms with E-state index in [9.17, 15) is 37.5 Å². The van der Waals surface area contributed by atoms with Crippen molar-refractivity contribution < 1.29 is 46.2 Å². The molecule has 0 spiro atoms. The Balaban J connectivity index is 1.43. The molecule has 7 rings (SSSR count). The van der Waals surface area contributed by atoms with Gasteiger partial charge in [0.2, 0.25) is 17.6 Å². The van der Waals surface area contributed by atoms with Crippen molar-refractivity contribution in [2.24, 2.45) is 17.8 Å². The SMILES string of the molecule is O=C1[C@H]2[C@H](CC=C3[C@H]2C[C@@]2(Cl)C(=O)N(c4c(F)c(F)c(F)c(F)c4F)C(=O)[C@@]2(Cl)[C@H]3c2cccc(O)c2)C(=O)N1c1ccccc1. The zero-order valence-electron chi connectivity index (χ0n) is 23.1. The molecule has 236 valence electrons. The van der Waals surface area contributed by atoms with Crippen molar-refractivity contribution >= 4 is 58.2 Å². The standard InChI is InChI=1S/C32H19Cl2F5N2O5/c33-31-12-18-16(9-10-17-19(18)28(44)40(27(17)43)14-6-2-1-3-7-14)20(13-5-4-8-15(42)11-13)32(31,34)30(46)41(29(31)45)26-24(38)22(36)21(35)23(37)25(26)39/h1-9,11,17-20,42H,10,12H2/t17-,18+,19-,20-,31+,32-/m0/s1. The number of imide groups is 2. The first-order chi connectivity index (χ1) is 21.8. The highest BCUT2D eigenvalue weighted by atomic mass is 35.5. The van der Waals surface area contributed by atoms with E-state index in [4.69, 9.17) is 23.2 Å². The van der Waals surface area contributed by atoms with Gasteiger partial charge in [-0.05, 0) is 48.6 Å². The van der Waals surface area contributed by atoms with E-state index in [0.717, 1.165) is 4.90 Å². The highest BCUT2D eigenvalue weighted by molar-refractivity contribution is 6.58. The molecule has 2 heterocycles. The van der Waals surface area contributed by atoms with Crippen LogP contribution in [-0.4, -0.2) is 38.5 Å². The second kappa shape index (κ2) is 10.1. The Hall–Kier alpha value is -4.29. The third kappa shape index (κ3) is 3.71. The lowest BCUT2D eigenvalue weighted by Gasteiger charge is -2.50. The molecule has 1 saturated carbocycles. The summed E-state index contributed by atoms with van der Waals surface area (Å²) in [7, 11) is 0. The fraction of sp³-hybridized carbons (Fsp3) is 0.250. The first kappa shape index (κ1) is 30.4. The summed E-state index contributed by atoms with van der Waals surface area (Å²) in [6, 6.07) is 13.4. The normalized spacial score (nSPS) is 30.4. The Labute approximate surface area is 266 Å². The Morgan fingerprint density at radius 1 is 0.739 bits per heavy atom.